The molecule has 1 fully saturated rings. The van der Waals surface area contributed by atoms with Crippen molar-refractivity contribution in [3.63, 3.8) is 0 Å². The van der Waals surface area contributed by atoms with E-state index in [-0.39, 0.29) is 25.4 Å². The van der Waals surface area contributed by atoms with Gasteiger partial charge in [-0.2, -0.15) is 0 Å². The van der Waals surface area contributed by atoms with Gasteiger partial charge in [-0.25, -0.2) is 4.79 Å². The second-order valence-corrected chi connectivity index (χ2v) is 8.27. The van der Waals surface area contributed by atoms with Crippen LogP contribution in [-0.2, 0) is 9.22 Å². The number of nitrogens with zero attached hydrogens (tertiary/aromatic N) is 1. The summed E-state index contributed by atoms with van der Waals surface area (Å²) in [6, 6.07) is 19.6. The minimum atomic E-state index is -1.92. The maximum Gasteiger partial charge on any atom is 0.408 e. The molecular weight excluding hydrogens is 322 g/mol. The average molecular weight is 341 g/mol. The van der Waals surface area contributed by atoms with Crippen LogP contribution in [0.4, 0.5) is 4.79 Å². The van der Waals surface area contributed by atoms with E-state index in [1.54, 1.807) is 0 Å². The second kappa shape index (κ2) is 7.42. The molecule has 1 aliphatic heterocycles. The highest BCUT2D eigenvalue weighted by Crippen LogP contribution is 2.15. The number of ketones is 1. The lowest BCUT2D eigenvalue weighted by molar-refractivity contribution is -0.116. The van der Waals surface area contributed by atoms with Crippen LogP contribution in [0.2, 0.25) is 0 Å². The number of Topliss-reactive ketones (excluding diaryl/α,β-unsaturated/α-hetero) is 1. The first-order valence-corrected chi connectivity index (χ1v) is 9.50. The highest BCUT2D eigenvalue weighted by Gasteiger charge is 2.34. The SMILES string of the molecule is O=C1C[C@H](CO[SiH](c2ccccc2)c2ccccc2)N(C(=O)O)C1. The van der Waals surface area contributed by atoms with Crippen LogP contribution in [0.5, 0.6) is 0 Å². The van der Waals surface area contributed by atoms with E-state index in [0.29, 0.717) is 0 Å². The molecule has 0 aliphatic carbocycles. The fourth-order valence-electron chi connectivity index (χ4n) is 2.98. The Hall–Kier alpha value is -2.44. The third-order valence-electron chi connectivity index (χ3n) is 4.16. The van der Waals surface area contributed by atoms with Crippen molar-refractivity contribution in [3.05, 3.63) is 60.7 Å². The van der Waals surface area contributed by atoms with Gasteiger partial charge in [0.05, 0.1) is 19.2 Å². The number of carbonyl (C=O) groups excluding carboxylic acids is 1. The fourth-order valence-corrected chi connectivity index (χ4v) is 5.31. The summed E-state index contributed by atoms with van der Waals surface area (Å²) >= 11 is 0. The zero-order valence-electron chi connectivity index (χ0n) is 13.2. The summed E-state index contributed by atoms with van der Waals surface area (Å²) in [5.74, 6) is -0.0522. The molecule has 2 aromatic carbocycles. The predicted octanol–water partition coefficient (Wildman–Crippen LogP) is 0.863. The summed E-state index contributed by atoms with van der Waals surface area (Å²) in [7, 11) is -1.92. The van der Waals surface area contributed by atoms with Gasteiger partial charge in [0.25, 0.3) is 0 Å². The van der Waals surface area contributed by atoms with Crippen LogP contribution in [0.15, 0.2) is 60.7 Å². The number of carboxylic acid groups (broad SMARTS) is 1. The van der Waals surface area contributed by atoms with Gasteiger partial charge in [0.1, 0.15) is 0 Å². The Balaban J connectivity index is 1.78. The number of carbonyl (C=O) groups is 2. The Bertz CT molecular complexity index is 668. The van der Waals surface area contributed by atoms with Crippen LogP contribution in [-0.4, -0.2) is 50.1 Å². The molecule has 0 bridgehead atoms. The Morgan fingerprint density at radius 1 is 1.08 bits per heavy atom. The molecule has 0 radical (unpaired) electrons. The summed E-state index contributed by atoms with van der Waals surface area (Å²) in [5, 5.41) is 11.5. The fraction of sp³-hybridized carbons (Fsp3) is 0.222. The molecular formula is C18H19NO4Si. The Kier molecular flexibility index (Phi) is 5.07. The van der Waals surface area contributed by atoms with Crippen molar-refractivity contribution >= 4 is 31.3 Å². The van der Waals surface area contributed by atoms with Gasteiger partial charge in [-0.3, -0.25) is 9.69 Å². The molecule has 6 heteroatoms. The van der Waals surface area contributed by atoms with Crippen molar-refractivity contribution in [2.75, 3.05) is 13.2 Å². The minimum absolute atomic E-state index is 0.0355. The van der Waals surface area contributed by atoms with Gasteiger partial charge in [-0.05, 0) is 10.4 Å². The molecule has 3 rings (SSSR count). The first kappa shape index (κ1) is 16.4. The highest BCUT2D eigenvalue weighted by molar-refractivity contribution is 6.80. The number of hydrogen-bond acceptors (Lipinski definition) is 3. The molecule has 1 N–H and O–H groups in total. The summed E-state index contributed by atoms with van der Waals surface area (Å²) < 4.78 is 6.21. The molecule has 1 aliphatic rings. The molecule has 1 saturated heterocycles. The number of rotatable bonds is 5. The zero-order valence-corrected chi connectivity index (χ0v) is 14.3. The van der Waals surface area contributed by atoms with Crippen molar-refractivity contribution in [1.29, 1.82) is 0 Å². The third-order valence-corrected chi connectivity index (χ3v) is 6.66. The molecule has 1 atom stereocenters. The monoisotopic (exact) mass is 341 g/mol. The largest absolute Gasteiger partial charge is 0.465 e. The standard InChI is InChI=1S/C18H19NO4Si/c20-15-11-14(19(12-15)18(21)22)13-23-24(16-7-3-1-4-8-16)17-9-5-2-6-10-17/h1-10,14,24H,11-13H2,(H,21,22)/t14-/m1/s1. The van der Waals surface area contributed by atoms with Gasteiger partial charge in [0.15, 0.2) is 5.78 Å². The summed E-state index contributed by atoms with van der Waals surface area (Å²) in [5.41, 5.74) is 0. The van der Waals surface area contributed by atoms with Crippen molar-refractivity contribution < 1.29 is 19.1 Å². The molecule has 5 nitrogen and oxygen atoms in total. The molecule has 2 aromatic rings. The van der Waals surface area contributed by atoms with E-state index in [4.69, 9.17) is 4.43 Å². The van der Waals surface area contributed by atoms with Gasteiger partial charge < -0.3 is 9.53 Å². The Labute approximate surface area is 142 Å². The minimum Gasteiger partial charge on any atom is -0.465 e. The summed E-state index contributed by atoms with van der Waals surface area (Å²) in [4.78, 5) is 24.1. The van der Waals surface area contributed by atoms with Gasteiger partial charge in [-0.1, -0.05) is 60.7 Å². The van der Waals surface area contributed by atoms with E-state index in [9.17, 15) is 14.7 Å². The number of likely N-dealkylation sites (tertiary alicyclic amines) is 1. The normalized spacial score (nSPS) is 17.5. The lowest BCUT2D eigenvalue weighted by Crippen LogP contribution is -2.48. The van der Waals surface area contributed by atoms with Gasteiger partial charge in [-0.15, -0.1) is 0 Å². The van der Waals surface area contributed by atoms with Crippen LogP contribution in [0.25, 0.3) is 0 Å². The third kappa shape index (κ3) is 3.72. The number of benzene rings is 2. The van der Waals surface area contributed by atoms with E-state index in [2.05, 4.69) is 0 Å². The molecule has 24 heavy (non-hydrogen) atoms. The molecule has 0 saturated carbocycles. The molecule has 124 valence electrons. The highest BCUT2D eigenvalue weighted by atomic mass is 28.3. The average Bonchev–Trinajstić information content (AvgIpc) is 2.98. The maximum atomic E-state index is 11.6. The number of amides is 1. The van der Waals surface area contributed by atoms with Crippen LogP contribution in [0, 0.1) is 0 Å². The molecule has 0 aromatic heterocycles. The lowest BCUT2D eigenvalue weighted by Gasteiger charge is -2.24. The molecule has 0 unspecified atom stereocenters. The predicted molar refractivity (Wildman–Crippen MR) is 93.4 cm³/mol. The van der Waals surface area contributed by atoms with Crippen molar-refractivity contribution in [1.82, 2.24) is 4.90 Å². The second-order valence-electron chi connectivity index (χ2n) is 5.84. The van der Waals surface area contributed by atoms with Crippen molar-refractivity contribution in [3.8, 4) is 0 Å². The van der Waals surface area contributed by atoms with Gasteiger partial charge in [0, 0.05) is 6.42 Å². The smallest absolute Gasteiger partial charge is 0.408 e. The van der Waals surface area contributed by atoms with Crippen LogP contribution in [0.1, 0.15) is 6.42 Å². The topological polar surface area (TPSA) is 66.8 Å². The van der Waals surface area contributed by atoms with Crippen LogP contribution < -0.4 is 10.4 Å². The molecule has 1 heterocycles. The summed E-state index contributed by atoms with van der Waals surface area (Å²) in [6.07, 6.45) is -0.830. The lowest BCUT2D eigenvalue weighted by atomic mass is 10.2. The van der Waals surface area contributed by atoms with E-state index < -0.39 is 21.2 Å². The Morgan fingerprint density at radius 2 is 1.62 bits per heavy atom. The van der Waals surface area contributed by atoms with E-state index in [0.717, 1.165) is 10.4 Å². The first-order valence-electron chi connectivity index (χ1n) is 7.88. The molecule has 0 spiro atoms. The van der Waals surface area contributed by atoms with Gasteiger partial charge in [0.2, 0.25) is 9.04 Å². The maximum absolute atomic E-state index is 11.6. The first-order chi connectivity index (χ1) is 11.6. The number of hydrogen-bond donors (Lipinski definition) is 1. The van der Waals surface area contributed by atoms with Crippen molar-refractivity contribution in [2.45, 2.75) is 12.5 Å². The van der Waals surface area contributed by atoms with E-state index in [1.807, 2.05) is 60.7 Å². The van der Waals surface area contributed by atoms with E-state index >= 15 is 0 Å². The van der Waals surface area contributed by atoms with Crippen molar-refractivity contribution in [2.24, 2.45) is 0 Å². The van der Waals surface area contributed by atoms with Crippen LogP contribution >= 0.6 is 0 Å². The van der Waals surface area contributed by atoms with Crippen LogP contribution in [0.3, 0.4) is 0 Å². The van der Waals surface area contributed by atoms with E-state index in [1.165, 1.54) is 4.90 Å². The molecule has 1 amide bonds. The Morgan fingerprint density at radius 3 is 2.12 bits per heavy atom. The quantitative estimate of drug-likeness (QED) is 0.819. The van der Waals surface area contributed by atoms with Gasteiger partial charge >= 0.3 is 6.09 Å². The zero-order chi connectivity index (χ0) is 16.9. The summed E-state index contributed by atoms with van der Waals surface area (Å²) in [6.45, 7) is 0.213.